The van der Waals surface area contributed by atoms with E-state index in [2.05, 4.69) is 0 Å². The molecule has 27 heavy (non-hydrogen) atoms. The van der Waals surface area contributed by atoms with Crippen LogP contribution in [0.3, 0.4) is 0 Å². The third-order valence-corrected chi connectivity index (χ3v) is 9.00. The zero-order chi connectivity index (χ0) is 19.5. The molecule has 0 aromatic carbocycles. The van der Waals surface area contributed by atoms with Crippen LogP contribution in [0.25, 0.3) is 0 Å². The van der Waals surface area contributed by atoms with Gasteiger partial charge in [-0.05, 0) is 30.1 Å². The lowest BCUT2D eigenvalue weighted by Gasteiger charge is -2.68. The summed E-state index contributed by atoms with van der Waals surface area (Å²) in [5, 5.41) is 33.5. The van der Waals surface area contributed by atoms with Gasteiger partial charge < -0.3 is 24.8 Å². The van der Waals surface area contributed by atoms with Gasteiger partial charge in [-0.25, -0.2) is 0 Å². The lowest BCUT2D eigenvalue weighted by atomic mass is 9.37. The lowest BCUT2D eigenvalue weighted by molar-refractivity contribution is -0.338. The molecule has 5 fully saturated rings. The number of ketones is 1. The molecule has 3 saturated carbocycles. The molecule has 5 aliphatic rings. The van der Waals surface area contributed by atoms with Gasteiger partial charge in [0.1, 0.15) is 18.3 Å². The summed E-state index contributed by atoms with van der Waals surface area (Å²) in [6, 6.07) is 0. The van der Waals surface area contributed by atoms with E-state index in [1.165, 1.54) is 0 Å². The number of aliphatic hydroxyl groups is 3. The summed E-state index contributed by atoms with van der Waals surface area (Å²) in [4.78, 5) is 24.9. The van der Waals surface area contributed by atoms with E-state index in [1.54, 1.807) is 0 Å². The minimum Gasteiger partial charge on any atom is -0.462 e. The molecule has 2 bridgehead atoms. The van der Waals surface area contributed by atoms with Crippen LogP contribution in [-0.4, -0.2) is 57.8 Å². The van der Waals surface area contributed by atoms with Crippen molar-refractivity contribution in [2.75, 3.05) is 6.61 Å². The molecule has 2 heterocycles. The van der Waals surface area contributed by atoms with Gasteiger partial charge in [0.25, 0.3) is 0 Å². The molecule has 0 aromatic rings. The smallest absolute Gasteiger partial charge is 0.306 e. The monoisotopic (exact) mass is 380 g/mol. The Hall–Kier alpha value is -1.02. The minimum absolute atomic E-state index is 0.0122. The minimum atomic E-state index is -1.86. The number of hydrogen-bond donors (Lipinski definition) is 3. The first kappa shape index (κ1) is 18.0. The van der Waals surface area contributed by atoms with Crippen LogP contribution < -0.4 is 0 Å². The molecule has 7 nitrogen and oxygen atoms in total. The SMILES string of the molecule is CC1CC(=O)[C@@H](O)[C@]2(C)C3[C@]45CO[C@]3(O)[C@H](O)C(C)[C@@H]4CC(=O)O[C@@H]5C[C@@H]12. The van der Waals surface area contributed by atoms with Crippen LogP contribution >= 0.6 is 0 Å². The Labute approximate surface area is 158 Å². The van der Waals surface area contributed by atoms with E-state index in [-0.39, 0.29) is 54.9 Å². The summed E-state index contributed by atoms with van der Waals surface area (Å²) in [5.41, 5.74) is -1.63. The number of rotatable bonds is 0. The van der Waals surface area contributed by atoms with Crippen molar-refractivity contribution in [3.8, 4) is 0 Å². The topological polar surface area (TPSA) is 113 Å². The highest BCUT2D eigenvalue weighted by atomic mass is 16.6. The van der Waals surface area contributed by atoms with E-state index in [9.17, 15) is 24.9 Å². The van der Waals surface area contributed by atoms with Crippen molar-refractivity contribution in [1.29, 1.82) is 0 Å². The summed E-state index contributed by atoms with van der Waals surface area (Å²) >= 11 is 0. The molecule has 7 heteroatoms. The van der Waals surface area contributed by atoms with Crippen LogP contribution in [0, 0.1) is 40.4 Å². The summed E-state index contributed by atoms with van der Waals surface area (Å²) in [7, 11) is 0. The highest BCUT2D eigenvalue weighted by Crippen LogP contribution is 2.73. The average Bonchev–Trinajstić information content (AvgIpc) is 2.90. The number of fused-ring (bicyclic) bond motifs is 1. The van der Waals surface area contributed by atoms with Crippen LogP contribution in [0.15, 0.2) is 0 Å². The van der Waals surface area contributed by atoms with Gasteiger partial charge in [0.2, 0.25) is 0 Å². The van der Waals surface area contributed by atoms with Crippen molar-refractivity contribution in [3.05, 3.63) is 0 Å². The van der Waals surface area contributed by atoms with E-state index < -0.39 is 40.8 Å². The molecule has 3 aliphatic carbocycles. The molecule has 2 aliphatic heterocycles. The van der Waals surface area contributed by atoms with Crippen molar-refractivity contribution < 1.29 is 34.4 Å². The first-order chi connectivity index (χ1) is 12.6. The van der Waals surface area contributed by atoms with E-state index in [0.717, 1.165) is 0 Å². The molecule has 1 spiro atoms. The Morgan fingerprint density at radius 2 is 1.81 bits per heavy atom. The van der Waals surface area contributed by atoms with Crippen molar-refractivity contribution in [2.45, 2.75) is 64.1 Å². The van der Waals surface area contributed by atoms with Crippen molar-refractivity contribution in [2.24, 2.45) is 40.4 Å². The second-order valence-electron chi connectivity index (χ2n) is 9.94. The van der Waals surface area contributed by atoms with Crippen molar-refractivity contribution in [3.63, 3.8) is 0 Å². The fraction of sp³-hybridized carbons (Fsp3) is 0.900. The maximum Gasteiger partial charge on any atom is 0.306 e. The molecular weight excluding hydrogens is 352 g/mol. The summed E-state index contributed by atoms with van der Waals surface area (Å²) in [5.74, 6) is -3.74. The maximum absolute atomic E-state index is 12.6. The fourth-order valence-corrected chi connectivity index (χ4v) is 7.96. The molecular formula is C20H28O7. The maximum atomic E-state index is 12.6. The number of esters is 1. The van der Waals surface area contributed by atoms with Gasteiger partial charge in [0.15, 0.2) is 11.6 Å². The average molecular weight is 380 g/mol. The largest absolute Gasteiger partial charge is 0.462 e. The first-order valence-electron chi connectivity index (χ1n) is 10.0. The summed E-state index contributed by atoms with van der Waals surface area (Å²) in [6.07, 6.45) is -1.88. The normalized spacial score (nSPS) is 61.9. The van der Waals surface area contributed by atoms with Gasteiger partial charge in [-0.1, -0.05) is 20.8 Å². The zero-order valence-electron chi connectivity index (χ0n) is 15.9. The zero-order valence-corrected chi connectivity index (χ0v) is 15.9. The van der Waals surface area contributed by atoms with Crippen LogP contribution in [0.1, 0.15) is 40.0 Å². The van der Waals surface area contributed by atoms with Crippen molar-refractivity contribution >= 4 is 11.8 Å². The van der Waals surface area contributed by atoms with E-state index >= 15 is 0 Å². The number of Topliss-reactive ketones (excluding diaryl/α,β-unsaturated/α-hetero) is 1. The van der Waals surface area contributed by atoms with Gasteiger partial charge in [0.05, 0.1) is 6.61 Å². The van der Waals surface area contributed by atoms with E-state index in [1.807, 2.05) is 20.8 Å². The quantitative estimate of drug-likeness (QED) is 0.516. The first-order valence-corrected chi connectivity index (χ1v) is 10.0. The molecule has 5 rings (SSSR count). The van der Waals surface area contributed by atoms with Gasteiger partial charge in [0, 0.05) is 29.6 Å². The highest BCUT2D eigenvalue weighted by molar-refractivity contribution is 5.85. The van der Waals surface area contributed by atoms with Gasteiger partial charge in [-0.2, -0.15) is 0 Å². The van der Waals surface area contributed by atoms with Crippen LogP contribution in [-0.2, 0) is 19.1 Å². The molecule has 150 valence electrons. The highest BCUT2D eigenvalue weighted by Gasteiger charge is 2.82. The second kappa shape index (κ2) is 5.12. The third-order valence-electron chi connectivity index (χ3n) is 9.00. The standard InChI is InChI=1S/C20H28O7/c1-8-4-12(21)16(24)18(3)10(8)5-13-19-7-26-20(25,17(18)19)15(23)9(2)11(19)6-14(22)27-13/h8-11,13,15-17,23-25H,4-7H2,1-3H3/t8?,9?,10-,11-,13+,15+,16+,17?,18+,19+,20+/m0/s1. The Morgan fingerprint density at radius 3 is 2.52 bits per heavy atom. The van der Waals surface area contributed by atoms with Gasteiger partial charge in [-0.3, -0.25) is 9.59 Å². The fourth-order valence-electron chi connectivity index (χ4n) is 7.96. The number of aliphatic hydroxyl groups excluding tert-OH is 2. The number of ether oxygens (including phenoxy) is 2. The number of hydrogen-bond acceptors (Lipinski definition) is 7. The number of carbonyl (C=O) groups is 2. The summed E-state index contributed by atoms with van der Waals surface area (Å²) < 4.78 is 11.7. The molecule has 3 unspecified atom stereocenters. The van der Waals surface area contributed by atoms with Crippen LogP contribution in [0.5, 0.6) is 0 Å². The Bertz CT molecular complexity index is 723. The molecule has 0 amide bonds. The molecule has 0 radical (unpaired) electrons. The molecule has 11 atom stereocenters. The van der Waals surface area contributed by atoms with E-state index in [4.69, 9.17) is 9.47 Å². The van der Waals surface area contributed by atoms with E-state index in [0.29, 0.717) is 6.42 Å². The predicted molar refractivity (Wildman–Crippen MR) is 91.0 cm³/mol. The van der Waals surface area contributed by atoms with Crippen molar-refractivity contribution in [1.82, 2.24) is 0 Å². The molecule has 0 aromatic heterocycles. The predicted octanol–water partition coefficient (Wildman–Crippen LogP) is 0.246. The second-order valence-corrected chi connectivity index (χ2v) is 9.94. The Kier molecular flexibility index (Phi) is 3.42. The van der Waals surface area contributed by atoms with Crippen LogP contribution in [0.4, 0.5) is 0 Å². The lowest BCUT2D eigenvalue weighted by Crippen LogP contribution is -2.76. The number of carbonyl (C=O) groups excluding carboxylic acids is 2. The third kappa shape index (κ3) is 1.78. The Balaban J connectivity index is 1.76. The van der Waals surface area contributed by atoms with Gasteiger partial charge in [-0.15, -0.1) is 0 Å². The summed E-state index contributed by atoms with van der Waals surface area (Å²) in [6.45, 7) is 5.83. The molecule has 3 N–H and O–H groups in total. The molecule has 2 saturated heterocycles. The van der Waals surface area contributed by atoms with Gasteiger partial charge >= 0.3 is 5.97 Å². The Morgan fingerprint density at radius 1 is 1.11 bits per heavy atom. The van der Waals surface area contributed by atoms with Crippen LogP contribution in [0.2, 0.25) is 0 Å².